The maximum absolute atomic E-state index is 14.1. The molecule has 0 saturated carbocycles. The van der Waals surface area contributed by atoms with Crippen molar-refractivity contribution in [1.29, 1.82) is 0 Å². The van der Waals surface area contributed by atoms with Crippen LogP contribution in [0.1, 0.15) is 0 Å². The number of methoxy groups -OCH3 is 1. The highest BCUT2D eigenvalue weighted by molar-refractivity contribution is 5.95. The highest BCUT2D eigenvalue weighted by atomic mass is 19.1. The lowest BCUT2D eigenvalue weighted by Gasteiger charge is -2.06. The summed E-state index contributed by atoms with van der Waals surface area (Å²) in [6, 6.07) is 8.27. The van der Waals surface area contributed by atoms with Gasteiger partial charge in [0.2, 0.25) is 0 Å². The second kappa shape index (κ2) is 7.45. The van der Waals surface area contributed by atoms with Crippen LogP contribution in [0.4, 0.5) is 4.39 Å². The van der Waals surface area contributed by atoms with Gasteiger partial charge in [-0.05, 0) is 29.8 Å². The quantitative estimate of drug-likeness (QED) is 0.424. The third-order valence-electron chi connectivity index (χ3n) is 5.30. The molecule has 1 aromatic carbocycles. The minimum Gasteiger partial charge on any atom is -0.497 e. The van der Waals surface area contributed by atoms with E-state index in [4.69, 9.17) is 14.7 Å². The van der Waals surface area contributed by atoms with Crippen LogP contribution in [0, 0.1) is 5.82 Å². The molecule has 5 aromatic heterocycles. The van der Waals surface area contributed by atoms with Crippen LogP contribution in [-0.4, -0.2) is 47.2 Å². The molecule has 0 spiro atoms. The monoisotopic (exact) mass is 438 g/mol. The maximum atomic E-state index is 14.1. The lowest BCUT2D eigenvalue weighted by atomic mass is 10.1. The van der Waals surface area contributed by atoms with Gasteiger partial charge in [-0.15, -0.1) is 0 Å². The number of imidazole rings is 1. The molecular formula is C23H15FN8O. The van der Waals surface area contributed by atoms with Crippen molar-refractivity contribution in [3.8, 4) is 39.7 Å². The molecule has 0 aliphatic rings. The minimum absolute atomic E-state index is 0.406. The van der Waals surface area contributed by atoms with E-state index in [-0.39, 0.29) is 0 Å². The van der Waals surface area contributed by atoms with Crippen LogP contribution in [0.5, 0.6) is 5.75 Å². The number of pyridine rings is 2. The van der Waals surface area contributed by atoms with Gasteiger partial charge in [-0.25, -0.2) is 24.3 Å². The van der Waals surface area contributed by atoms with E-state index >= 15 is 0 Å². The van der Waals surface area contributed by atoms with Gasteiger partial charge in [-0.1, -0.05) is 0 Å². The van der Waals surface area contributed by atoms with Crippen LogP contribution < -0.4 is 4.74 Å². The SMILES string of the molecule is COc1cc(F)cc(-c2cncc3[nH]c(-c4n[nH]c5ccc(-c6cncnc6)nc45)nc23)c1. The zero-order chi connectivity index (χ0) is 22.4. The first-order valence-electron chi connectivity index (χ1n) is 9.99. The summed E-state index contributed by atoms with van der Waals surface area (Å²) in [6.45, 7) is 0. The van der Waals surface area contributed by atoms with Gasteiger partial charge >= 0.3 is 0 Å². The Kier molecular flexibility index (Phi) is 4.29. The summed E-state index contributed by atoms with van der Waals surface area (Å²) in [5, 5.41) is 7.42. The normalized spacial score (nSPS) is 11.3. The third kappa shape index (κ3) is 3.24. The second-order valence-electron chi connectivity index (χ2n) is 7.34. The van der Waals surface area contributed by atoms with E-state index in [1.807, 2.05) is 12.1 Å². The number of hydrogen-bond acceptors (Lipinski definition) is 7. The Balaban J connectivity index is 1.50. The molecule has 5 heterocycles. The van der Waals surface area contributed by atoms with Crippen LogP contribution >= 0.6 is 0 Å². The smallest absolute Gasteiger partial charge is 0.161 e. The molecule has 6 rings (SSSR count). The average Bonchev–Trinajstić information content (AvgIpc) is 3.47. The largest absolute Gasteiger partial charge is 0.497 e. The zero-order valence-corrected chi connectivity index (χ0v) is 17.2. The van der Waals surface area contributed by atoms with E-state index in [0.29, 0.717) is 44.9 Å². The van der Waals surface area contributed by atoms with Gasteiger partial charge in [0.25, 0.3) is 0 Å². The Morgan fingerprint density at radius 2 is 1.73 bits per heavy atom. The molecule has 0 fully saturated rings. The van der Waals surface area contributed by atoms with Gasteiger partial charge in [0.1, 0.15) is 23.4 Å². The molecule has 33 heavy (non-hydrogen) atoms. The molecule has 10 heteroatoms. The summed E-state index contributed by atoms with van der Waals surface area (Å²) in [6.07, 6.45) is 8.19. The Morgan fingerprint density at radius 1 is 0.848 bits per heavy atom. The van der Waals surface area contributed by atoms with E-state index in [1.54, 1.807) is 30.9 Å². The van der Waals surface area contributed by atoms with Crippen molar-refractivity contribution in [2.45, 2.75) is 0 Å². The first-order valence-corrected chi connectivity index (χ1v) is 9.99. The summed E-state index contributed by atoms with van der Waals surface area (Å²) >= 11 is 0. The molecule has 0 bridgehead atoms. The topological polar surface area (TPSA) is 118 Å². The molecule has 2 N–H and O–H groups in total. The number of rotatable bonds is 4. The number of hydrogen-bond donors (Lipinski definition) is 2. The highest BCUT2D eigenvalue weighted by Gasteiger charge is 2.17. The summed E-state index contributed by atoms with van der Waals surface area (Å²) in [4.78, 5) is 25.2. The molecule has 0 saturated heterocycles. The maximum Gasteiger partial charge on any atom is 0.161 e. The fourth-order valence-corrected chi connectivity index (χ4v) is 3.75. The van der Waals surface area contributed by atoms with Gasteiger partial charge < -0.3 is 9.72 Å². The Labute approximate surface area is 185 Å². The van der Waals surface area contributed by atoms with Crippen LogP contribution in [0.15, 0.2) is 61.4 Å². The van der Waals surface area contributed by atoms with Crippen LogP contribution in [0.25, 0.3) is 56.0 Å². The van der Waals surface area contributed by atoms with Crippen LogP contribution in [-0.2, 0) is 0 Å². The fraction of sp³-hybridized carbons (Fsp3) is 0.0435. The van der Waals surface area contributed by atoms with Crippen molar-refractivity contribution in [3.63, 3.8) is 0 Å². The number of ether oxygens (including phenoxy) is 1. The average molecular weight is 438 g/mol. The molecule has 0 amide bonds. The molecule has 0 aliphatic heterocycles. The number of nitrogens with zero attached hydrogens (tertiary/aromatic N) is 6. The number of aromatic nitrogens is 8. The molecule has 9 nitrogen and oxygen atoms in total. The minimum atomic E-state index is -0.406. The van der Waals surface area contributed by atoms with Crippen molar-refractivity contribution in [2.24, 2.45) is 0 Å². The van der Waals surface area contributed by atoms with Gasteiger partial charge in [-0.2, -0.15) is 5.10 Å². The summed E-state index contributed by atoms with van der Waals surface area (Å²) in [5.74, 6) is 0.525. The number of H-pyrrole nitrogens is 2. The van der Waals surface area contributed by atoms with E-state index in [2.05, 4.69) is 30.1 Å². The molecular weight excluding hydrogens is 423 g/mol. The van der Waals surface area contributed by atoms with Crippen molar-refractivity contribution >= 4 is 22.1 Å². The first-order chi connectivity index (χ1) is 16.2. The molecule has 0 unspecified atom stereocenters. The Bertz CT molecular complexity index is 1630. The molecule has 0 atom stereocenters. The lowest BCUT2D eigenvalue weighted by Crippen LogP contribution is -1.89. The Hall–Kier alpha value is -4.73. The van der Waals surface area contributed by atoms with Gasteiger partial charge in [-0.3, -0.25) is 10.1 Å². The number of aromatic amines is 2. The van der Waals surface area contributed by atoms with E-state index in [1.165, 1.54) is 25.6 Å². The van der Waals surface area contributed by atoms with Gasteiger partial charge in [0.05, 0.1) is 35.6 Å². The number of fused-ring (bicyclic) bond motifs is 2. The summed E-state index contributed by atoms with van der Waals surface area (Å²) < 4.78 is 19.3. The van der Waals surface area contributed by atoms with E-state index < -0.39 is 5.82 Å². The molecule has 6 aromatic rings. The third-order valence-corrected chi connectivity index (χ3v) is 5.30. The predicted octanol–water partition coefficient (Wildman–Crippen LogP) is 4.17. The predicted molar refractivity (Wildman–Crippen MR) is 120 cm³/mol. The zero-order valence-electron chi connectivity index (χ0n) is 17.2. The second-order valence-corrected chi connectivity index (χ2v) is 7.34. The van der Waals surface area contributed by atoms with Gasteiger partial charge in [0, 0.05) is 35.8 Å². The number of benzene rings is 1. The molecule has 160 valence electrons. The van der Waals surface area contributed by atoms with Crippen molar-refractivity contribution in [1.82, 2.24) is 40.1 Å². The van der Waals surface area contributed by atoms with Crippen molar-refractivity contribution in [2.75, 3.05) is 7.11 Å². The standard InChI is InChI=1S/C23H15FN8O/c1-33-15-5-12(4-14(24)6-15)16-9-25-10-19-20(16)30-23(29-19)22-21-18(31-32-22)3-2-17(28-21)13-7-26-11-27-8-13/h2-11H,1H3,(H,29,30)(H,31,32). The number of halogens is 1. The Morgan fingerprint density at radius 3 is 2.58 bits per heavy atom. The number of nitrogens with one attached hydrogen (secondary N) is 2. The fourth-order valence-electron chi connectivity index (χ4n) is 3.75. The highest BCUT2D eigenvalue weighted by Crippen LogP contribution is 2.32. The van der Waals surface area contributed by atoms with Crippen molar-refractivity contribution < 1.29 is 9.13 Å². The van der Waals surface area contributed by atoms with Crippen molar-refractivity contribution in [3.05, 3.63) is 67.3 Å². The van der Waals surface area contributed by atoms with Crippen LogP contribution in [0.2, 0.25) is 0 Å². The van der Waals surface area contributed by atoms with E-state index in [9.17, 15) is 4.39 Å². The van der Waals surface area contributed by atoms with Gasteiger partial charge in [0.15, 0.2) is 11.5 Å². The summed E-state index contributed by atoms with van der Waals surface area (Å²) in [7, 11) is 1.50. The molecule has 0 aliphatic carbocycles. The molecule has 0 radical (unpaired) electrons. The lowest BCUT2D eigenvalue weighted by molar-refractivity contribution is 0.411. The first kappa shape index (κ1) is 19.0. The van der Waals surface area contributed by atoms with Crippen LogP contribution in [0.3, 0.4) is 0 Å². The summed E-state index contributed by atoms with van der Waals surface area (Å²) in [5.41, 5.74) is 6.09. The van der Waals surface area contributed by atoms with E-state index in [0.717, 1.165) is 16.8 Å².